The number of hydrogen-bond donors (Lipinski definition) is 1. The van der Waals surface area contributed by atoms with Gasteiger partial charge in [0.15, 0.2) is 0 Å². The van der Waals surface area contributed by atoms with Gasteiger partial charge in [0, 0.05) is 28.5 Å². The molecule has 0 saturated heterocycles. The summed E-state index contributed by atoms with van der Waals surface area (Å²) >= 11 is 0. The summed E-state index contributed by atoms with van der Waals surface area (Å²) < 4.78 is 10.4. The van der Waals surface area contributed by atoms with E-state index in [0.717, 1.165) is 0 Å². The lowest BCUT2D eigenvalue weighted by molar-refractivity contribution is 0.686. The van der Waals surface area contributed by atoms with Crippen LogP contribution in [0.3, 0.4) is 0 Å². The second-order valence-electron chi connectivity index (χ2n) is 1.69. The highest BCUT2D eigenvalue weighted by Crippen LogP contribution is 1.88. The van der Waals surface area contributed by atoms with Crippen LogP contribution in [0.2, 0.25) is 0 Å². The first-order valence-electron chi connectivity index (χ1n) is 2.36. The fraction of sp³-hybridized carbons (Fsp3) is 0.600. The van der Waals surface area contributed by atoms with Gasteiger partial charge in [-0.3, -0.25) is 4.21 Å². The molecule has 0 aliphatic rings. The van der Waals surface area contributed by atoms with E-state index in [9.17, 15) is 4.21 Å². The van der Waals surface area contributed by atoms with E-state index < -0.39 is 10.8 Å². The highest BCUT2D eigenvalue weighted by Gasteiger charge is 1.89. The Labute approximate surface area is 52.2 Å². The van der Waals surface area contributed by atoms with Crippen molar-refractivity contribution in [1.29, 1.82) is 0 Å². The van der Waals surface area contributed by atoms with Crippen molar-refractivity contribution in [2.75, 3.05) is 12.0 Å². The zero-order valence-corrected chi connectivity index (χ0v) is 5.83. The molecule has 0 heterocycles. The van der Waals surface area contributed by atoms with Crippen LogP contribution >= 0.6 is 0 Å². The molecule has 0 radical (unpaired) electrons. The monoisotopic (exact) mass is 133 g/mol. The van der Waals surface area contributed by atoms with Crippen molar-refractivity contribution in [3.05, 3.63) is 12.3 Å². The van der Waals surface area contributed by atoms with Crippen LogP contribution in [0.4, 0.5) is 0 Å². The molecule has 0 bridgehead atoms. The second-order valence-corrected chi connectivity index (χ2v) is 3.24. The Morgan fingerprint density at radius 1 is 1.88 bits per heavy atom. The van der Waals surface area contributed by atoms with Gasteiger partial charge in [-0.05, 0) is 6.42 Å². The molecule has 0 fully saturated rings. The van der Waals surface area contributed by atoms with E-state index in [1.807, 2.05) is 0 Å². The van der Waals surface area contributed by atoms with Gasteiger partial charge in [0.05, 0.1) is 0 Å². The van der Waals surface area contributed by atoms with E-state index in [1.165, 1.54) is 0 Å². The fourth-order valence-electron chi connectivity index (χ4n) is 0.275. The van der Waals surface area contributed by atoms with Crippen LogP contribution in [0.1, 0.15) is 6.42 Å². The molecular formula is C5H11NOS. The number of hydrogen-bond acceptors (Lipinski definition) is 2. The molecule has 0 amide bonds. The van der Waals surface area contributed by atoms with Crippen molar-refractivity contribution in [2.24, 2.45) is 5.73 Å². The average molecular weight is 133 g/mol. The SMILES string of the molecule is C=C(N)CCS(C)=O. The lowest BCUT2D eigenvalue weighted by Crippen LogP contribution is -2.01. The molecular weight excluding hydrogens is 122 g/mol. The van der Waals surface area contributed by atoms with E-state index in [2.05, 4.69) is 6.58 Å². The first-order valence-corrected chi connectivity index (χ1v) is 4.09. The molecule has 0 aliphatic carbocycles. The Kier molecular flexibility index (Phi) is 3.52. The van der Waals surface area contributed by atoms with Crippen LogP contribution in [-0.4, -0.2) is 16.2 Å². The van der Waals surface area contributed by atoms with E-state index >= 15 is 0 Å². The van der Waals surface area contributed by atoms with Crippen molar-refractivity contribution in [3.8, 4) is 0 Å². The second kappa shape index (κ2) is 3.66. The predicted octanol–water partition coefficient (Wildman–Crippen LogP) is 0.227. The van der Waals surface area contributed by atoms with Gasteiger partial charge in [-0.25, -0.2) is 0 Å². The Balaban J connectivity index is 3.18. The zero-order valence-electron chi connectivity index (χ0n) is 5.02. The molecule has 0 aromatic carbocycles. The number of rotatable bonds is 3. The maximum atomic E-state index is 10.4. The van der Waals surface area contributed by atoms with Gasteiger partial charge in [-0.2, -0.15) is 0 Å². The van der Waals surface area contributed by atoms with Crippen LogP contribution in [-0.2, 0) is 10.8 Å². The molecule has 0 saturated carbocycles. The van der Waals surface area contributed by atoms with Gasteiger partial charge in [0.1, 0.15) is 0 Å². The Morgan fingerprint density at radius 3 is 2.50 bits per heavy atom. The van der Waals surface area contributed by atoms with E-state index in [-0.39, 0.29) is 0 Å². The summed E-state index contributed by atoms with van der Waals surface area (Å²) in [5.74, 6) is 0.634. The molecule has 0 aromatic rings. The van der Waals surface area contributed by atoms with Crippen LogP contribution in [0.25, 0.3) is 0 Å². The Hall–Kier alpha value is -0.310. The smallest absolute Gasteiger partial charge is 0.0286 e. The molecule has 8 heavy (non-hydrogen) atoms. The van der Waals surface area contributed by atoms with Gasteiger partial charge in [0.2, 0.25) is 0 Å². The Morgan fingerprint density at radius 2 is 2.38 bits per heavy atom. The maximum absolute atomic E-state index is 10.4. The van der Waals surface area contributed by atoms with Crippen LogP contribution in [0, 0.1) is 0 Å². The summed E-state index contributed by atoms with van der Waals surface area (Å²) in [4.78, 5) is 0. The highest BCUT2D eigenvalue weighted by atomic mass is 32.2. The van der Waals surface area contributed by atoms with Crippen molar-refractivity contribution in [1.82, 2.24) is 0 Å². The van der Waals surface area contributed by atoms with Crippen LogP contribution in [0.5, 0.6) is 0 Å². The van der Waals surface area contributed by atoms with Gasteiger partial charge in [-0.1, -0.05) is 6.58 Å². The Bertz CT molecular complexity index is 97.0. The third kappa shape index (κ3) is 5.69. The molecule has 1 atom stereocenters. The molecule has 0 aromatic heterocycles. The first kappa shape index (κ1) is 7.69. The first-order chi connectivity index (χ1) is 3.63. The van der Waals surface area contributed by atoms with Gasteiger partial charge < -0.3 is 5.73 Å². The standard InChI is InChI=1S/C5H11NOS/c1-5(6)3-4-8(2)7/h1,3-4,6H2,2H3. The maximum Gasteiger partial charge on any atom is 0.0286 e. The van der Waals surface area contributed by atoms with E-state index in [0.29, 0.717) is 17.9 Å². The predicted molar refractivity (Wildman–Crippen MR) is 36.9 cm³/mol. The van der Waals surface area contributed by atoms with Gasteiger partial charge in [-0.15, -0.1) is 0 Å². The fourth-order valence-corrected chi connectivity index (χ4v) is 0.824. The van der Waals surface area contributed by atoms with Crippen molar-refractivity contribution < 1.29 is 4.21 Å². The van der Waals surface area contributed by atoms with Crippen LogP contribution < -0.4 is 5.73 Å². The summed E-state index contributed by atoms with van der Waals surface area (Å²) in [6.07, 6.45) is 2.33. The summed E-state index contributed by atoms with van der Waals surface area (Å²) in [6, 6.07) is 0. The van der Waals surface area contributed by atoms with Gasteiger partial charge in [0.25, 0.3) is 0 Å². The third-order valence-corrected chi connectivity index (χ3v) is 1.49. The molecule has 0 spiro atoms. The van der Waals surface area contributed by atoms with Gasteiger partial charge >= 0.3 is 0 Å². The van der Waals surface area contributed by atoms with E-state index in [1.54, 1.807) is 6.26 Å². The summed E-state index contributed by atoms with van der Waals surface area (Å²) in [7, 11) is -0.727. The number of allylic oxidation sites excluding steroid dienone is 1. The summed E-state index contributed by atoms with van der Waals surface area (Å²) in [5, 5.41) is 0. The lowest BCUT2D eigenvalue weighted by Gasteiger charge is -1.93. The quantitative estimate of drug-likeness (QED) is 0.598. The largest absolute Gasteiger partial charge is 0.402 e. The molecule has 1 unspecified atom stereocenters. The minimum absolute atomic E-state index is 0.611. The molecule has 3 heteroatoms. The topological polar surface area (TPSA) is 43.1 Å². The molecule has 2 N–H and O–H groups in total. The third-order valence-electron chi connectivity index (χ3n) is 0.711. The zero-order chi connectivity index (χ0) is 6.57. The number of nitrogens with two attached hydrogens (primary N) is 1. The average Bonchev–Trinajstić information content (AvgIpc) is 1.61. The summed E-state index contributed by atoms with van der Waals surface area (Å²) in [6.45, 7) is 3.47. The molecule has 48 valence electrons. The van der Waals surface area contributed by atoms with Crippen molar-refractivity contribution in [2.45, 2.75) is 6.42 Å². The van der Waals surface area contributed by atoms with Crippen molar-refractivity contribution in [3.63, 3.8) is 0 Å². The minimum atomic E-state index is -0.727. The van der Waals surface area contributed by atoms with Crippen LogP contribution in [0.15, 0.2) is 12.3 Å². The molecule has 0 aliphatic heterocycles. The molecule has 2 nitrogen and oxygen atoms in total. The minimum Gasteiger partial charge on any atom is -0.402 e. The highest BCUT2D eigenvalue weighted by molar-refractivity contribution is 7.84. The molecule has 0 rings (SSSR count). The normalized spacial score (nSPS) is 13.1. The summed E-state index contributed by atoms with van der Waals surface area (Å²) in [5.41, 5.74) is 5.82. The van der Waals surface area contributed by atoms with Crippen molar-refractivity contribution >= 4 is 10.8 Å². The van der Waals surface area contributed by atoms with E-state index in [4.69, 9.17) is 5.73 Å². The lowest BCUT2D eigenvalue weighted by atomic mass is 10.4.